The summed E-state index contributed by atoms with van der Waals surface area (Å²) in [5.74, 6) is 1.44. The van der Waals surface area contributed by atoms with Crippen molar-refractivity contribution in [1.29, 1.82) is 0 Å². The van der Waals surface area contributed by atoms with Crippen LogP contribution in [-0.2, 0) is 4.79 Å². The lowest BCUT2D eigenvalue weighted by Crippen LogP contribution is -2.36. The van der Waals surface area contributed by atoms with E-state index < -0.39 is 0 Å². The van der Waals surface area contributed by atoms with Crippen molar-refractivity contribution in [2.75, 3.05) is 30.4 Å². The molecule has 0 saturated carbocycles. The van der Waals surface area contributed by atoms with Crippen molar-refractivity contribution >= 4 is 33.2 Å². The zero-order valence-corrected chi connectivity index (χ0v) is 19.5. The molecule has 1 aromatic carbocycles. The Morgan fingerprint density at radius 1 is 1.23 bits per heavy atom. The second-order valence-corrected chi connectivity index (χ2v) is 9.95. The molecule has 0 radical (unpaired) electrons. The van der Waals surface area contributed by atoms with Gasteiger partial charge in [-0.1, -0.05) is 55.5 Å². The number of carbonyl (C=O) groups is 1. The maximum atomic E-state index is 12.2. The lowest BCUT2D eigenvalue weighted by molar-refractivity contribution is -0.119. The van der Waals surface area contributed by atoms with Gasteiger partial charge in [-0.05, 0) is 33.1 Å². The van der Waals surface area contributed by atoms with Gasteiger partial charge in [-0.15, -0.1) is 5.10 Å². The van der Waals surface area contributed by atoms with Gasteiger partial charge in [-0.3, -0.25) is 4.79 Å². The van der Waals surface area contributed by atoms with Crippen LogP contribution >= 0.6 is 11.3 Å². The standard InChI is InChI=1S/C22H32N6OS/c1-15(2)12-13-23-17(29)14-27(6)21-26-28-19(25-22(3,4)5)18(24-20(28)30-21)16-10-8-7-9-11-16/h7-11,15,25H,12-14H2,1-6H3,(H,23,29). The Labute approximate surface area is 182 Å². The van der Waals surface area contributed by atoms with Crippen LogP contribution in [0.3, 0.4) is 0 Å². The third kappa shape index (κ3) is 5.50. The molecule has 0 bridgehead atoms. The Morgan fingerprint density at radius 3 is 2.57 bits per heavy atom. The predicted octanol–water partition coefficient (Wildman–Crippen LogP) is 4.27. The molecule has 0 fully saturated rings. The number of fused-ring (bicyclic) bond motifs is 1. The lowest BCUT2D eigenvalue weighted by Gasteiger charge is -2.22. The summed E-state index contributed by atoms with van der Waals surface area (Å²) in [6.45, 7) is 11.6. The lowest BCUT2D eigenvalue weighted by atomic mass is 10.1. The van der Waals surface area contributed by atoms with Crippen LogP contribution in [0.2, 0.25) is 0 Å². The highest BCUT2D eigenvalue weighted by molar-refractivity contribution is 7.20. The number of nitrogens with one attached hydrogen (secondary N) is 2. The zero-order valence-electron chi connectivity index (χ0n) is 18.7. The highest BCUT2D eigenvalue weighted by Gasteiger charge is 2.23. The number of hydrogen-bond donors (Lipinski definition) is 2. The highest BCUT2D eigenvalue weighted by atomic mass is 32.1. The Bertz CT molecular complexity index is 986. The molecule has 0 unspecified atom stereocenters. The van der Waals surface area contributed by atoms with Crippen molar-refractivity contribution in [3.8, 4) is 11.3 Å². The van der Waals surface area contributed by atoms with Gasteiger partial charge < -0.3 is 15.5 Å². The molecule has 2 aromatic heterocycles. The monoisotopic (exact) mass is 428 g/mol. The van der Waals surface area contributed by atoms with Crippen LogP contribution in [0.1, 0.15) is 41.0 Å². The minimum absolute atomic E-state index is 0.00371. The number of nitrogens with zero attached hydrogens (tertiary/aromatic N) is 4. The van der Waals surface area contributed by atoms with E-state index in [0.717, 1.165) is 33.6 Å². The summed E-state index contributed by atoms with van der Waals surface area (Å²) in [6, 6.07) is 10.1. The van der Waals surface area contributed by atoms with E-state index in [2.05, 4.69) is 57.4 Å². The normalized spacial score (nSPS) is 11.8. The van der Waals surface area contributed by atoms with E-state index in [4.69, 9.17) is 10.1 Å². The van der Waals surface area contributed by atoms with Crippen LogP contribution in [0.15, 0.2) is 30.3 Å². The number of benzene rings is 1. The van der Waals surface area contributed by atoms with Gasteiger partial charge in [0.2, 0.25) is 16.0 Å². The summed E-state index contributed by atoms with van der Waals surface area (Å²) in [4.78, 5) is 19.8. The quantitative estimate of drug-likeness (QED) is 0.561. The summed E-state index contributed by atoms with van der Waals surface area (Å²) >= 11 is 1.48. The van der Waals surface area contributed by atoms with Crippen molar-refractivity contribution < 1.29 is 4.79 Å². The van der Waals surface area contributed by atoms with Gasteiger partial charge >= 0.3 is 0 Å². The number of aromatic nitrogens is 3. The zero-order chi connectivity index (χ0) is 21.9. The van der Waals surface area contributed by atoms with E-state index in [1.165, 1.54) is 11.3 Å². The SMILES string of the molecule is CC(C)CCNC(=O)CN(C)c1nn2c(NC(C)(C)C)c(-c3ccccc3)nc2s1. The third-order valence-electron chi connectivity index (χ3n) is 4.48. The van der Waals surface area contributed by atoms with Crippen molar-refractivity contribution in [3.05, 3.63) is 30.3 Å². The van der Waals surface area contributed by atoms with Crippen molar-refractivity contribution in [2.24, 2.45) is 5.92 Å². The van der Waals surface area contributed by atoms with Gasteiger partial charge in [-0.2, -0.15) is 4.52 Å². The fourth-order valence-electron chi connectivity index (χ4n) is 3.00. The molecular formula is C22H32N6OS. The molecular weight excluding hydrogens is 396 g/mol. The van der Waals surface area contributed by atoms with Gasteiger partial charge in [-0.25, -0.2) is 4.98 Å². The largest absolute Gasteiger partial charge is 0.364 e. The first-order chi connectivity index (χ1) is 14.1. The number of anilines is 2. The first kappa shape index (κ1) is 22.1. The molecule has 0 aliphatic rings. The van der Waals surface area contributed by atoms with Crippen LogP contribution < -0.4 is 15.5 Å². The van der Waals surface area contributed by atoms with Crippen molar-refractivity contribution in [2.45, 2.75) is 46.6 Å². The molecule has 2 N–H and O–H groups in total. The third-order valence-corrected chi connectivity index (χ3v) is 5.51. The maximum absolute atomic E-state index is 12.2. The van der Waals surface area contributed by atoms with Gasteiger partial charge in [0.15, 0.2) is 5.82 Å². The van der Waals surface area contributed by atoms with Gasteiger partial charge in [0.05, 0.1) is 6.54 Å². The molecule has 0 saturated heterocycles. The van der Waals surface area contributed by atoms with E-state index in [9.17, 15) is 4.79 Å². The molecule has 0 spiro atoms. The van der Waals surface area contributed by atoms with E-state index in [1.807, 2.05) is 34.7 Å². The summed E-state index contributed by atoms with van der Waals surface area (Å²) in [5.41, 5.74) is 1.78. The Hall–Kier alpha value is -2.61. The van der Waals surface area contributed by atoms with Crippen molar-refractivity contribution in [1.82, 2.24) is 19.9 Å². The second-order valence-electron chi connectivity index (χ2n) is 9.02. The van der Waals surface area contributed by atoms with E-state index in [1.54, 1.807) is 0 Å². The molecule has 0 aliphatic carbocycles. The van der Waals surface area contributed by atoms with Crippen LogP contribution in [0.25, 0.3) is 16.2 Å². The Kier molecular flexibility index (Phi) is 6.65. The fourth-order valence-corrected chi connectivity index (χ4v) is 3.86. The van der Waals surface area contributed by atoms with Crippen LogP contribution in [0.4, 0.5) is 10.9 Å². The Morgan fingerprint density at radius 2 is 1.93 bits per heavy atom. The maximum Gasteiger partial charge on any atom is 0.239 e. The molecule has 8 heteroatoms. The molecule has 162 valence electrons. The van der Waals surface area contributed by atoms with Crippen LogP contribution in [0, 0.1) is 5.92 Å². The summed E-state index contributed by atoms with van der Waals surface area (Å²) in [6.07, 6.45) is 0.977. The average molecular weight is 429 g/mol. The average Bonchev–Trinajstić information content (AvgIpc) is 3.20. The molecule has 7 nitrogen and oxygen atoms in total. The Balaban J connectivity index is 1.84. The molecule has 3 aromatic rings. The number of hydrogen-bond acceptors (Lipinski definition) is 6. The highest BCUT2D eigenvalue weighted by Crippen LogP contribution is 2.34. The molecule has 2 heterocycles. The first-order valence-electron chi connectivity index (χ1n) is 10.3. The second kappa shape index (κ2) is 9.04. The van der Waals surface area contributed by atoms with Crippen molar-refractivity contribution in [3.63, 3.8) is 0 Å². The molecule has 30 heavy (non-hydrogen) atoms. The number of carbonyl (C=O) groups excluding carboxylic acids is 1. The minimum Gasteiger partial charge on any atom is -0.364 e. The summed E-state index contributed by atoms with van der Waals surface area (Å²) in [5, 5.41) is 12.0. The summed E-state index contributed by atoms with van der Waals surface area (Å²) < 4.78 is 1.85. The van der Waals surface area contributed by atoms with Crippen LogP contribution in [-0.4, -0.2) is 46.2 Å². The number of imidazole rings is 1. The van der Waals surface area contributed by atoms with Crippen LogP contribution in [0.5, 0.6) is 0 Å². The molecule has 0 atom stereocenters. The van der Waals surface area contributed by atoms with E-state index >= 15 is 0 Å². The smallest absolute Gasteiger partial charge is 0.239 e. The van der Waals surface area contributed by atoms with Gasteiger partial charge in [0.1, 0.15) is 5.69 Å². The molecule has 1 amide bonds. The first-order valence-corrected chi connectivity index (χ1v) is 11.2. The van der Waals surface area contributed by atoms with E-state index in [-0.39, 0.29) is 18.0 Å². The topological polar surface area (TPSA) is 74.6 Å². The molecule has 3 rings (SSSR count). The number of rotatable bonds is 8. The summed E-state index contributed by atoms with van der Waals surface area (Å²) in [7, 11) is 1.88. The van der Waals surface area contributed by atoms with Gasteiger partial charge in [0, 0.05) is 24.7 Å². The van der Waals surface area contributed by atoms with Gasteiger partial charge in [0.25, 0.3) is 0 Å². The number of likely N-dealkylation sites (N-methyl/N-ethyl adjacent to an activating group) is 1. The van der Waals surface area contributed by atoms with E-state index in [0.29, 0.717) is 12.5 Å². The minimum atomic E-state index is -0.147. The predicted molar refractivity (Wildman–Crippen MR) is 125 cm³/mol. The fraction of sp³-hybridized carbons (Fsp3) is 0.500. The number of amides is 1. The molecule has 0 aliphatic heterocycles.